The van der Waals surface area contributed by atoms with Gasteiger partial charge in [-0.3, -0.25) is 0 Å². The van der Waals surface area contributed by atoms with Gasteiger partial charge in [0, 0.05) is 23.8 Å². The van der Waals surface area contributed by atoms with Crippen molar-refractivity contribution in [3.63, 3.8) is 0 Å². The fourth-order valence-corrected chi connectivity index (χ4v) is 2.50. The van der Waals surface area contributed by atoms with Crippen LogP contribution in [0.15, 0.2) is 30.3 Å². The first-order valence-corrected chi connectivity index (χ1v) is 6.27. The Balaban J connectivity index is 1.95. The van der Waals surface area contributed by atoms with Gasteiger partial charge in [-0.05, 0) is 30.5 Å². The highest BCUT2D eigenvalue weighted by Crippen LogP contribution is 2.42. The first kappa shape index (κ1) is 12.5. The summed E-state index contributed by atoms with van der Waals surface area (Å²) in [5.74, 6) is 0.292. The van der Waals surface area contributed by atoms with Gasteiger partial charge in [0.15, 0.2) is 0 Å². The van der Waals surface area contributed by atoms with Crippen molar-refractivity contribution in [3.8, 4) is 28.7 Å². The molecule has 0 amide bonds. The summed E-state index contributed by atoms with van der Waals surface area (Å²) in [7, 11) is 0. The third-order valence-electron chi connectivity index (χ3n) is 3.39. The van der Waals surface area contributed by atoms with Crippen molar-refractivity contribution >= 4 is 0 Å². The second-order valence-electron chi connectivity index (χ2n) is 4.87. The Morgan fingerprint density at radius 1 is 0.850 bits per heavy atom. The molecule has 0 aliphatic carbocycles. The zero-order valence-corrected chi connectivity index (χ0v) is 10.6. The van der Waals surface area contributed by atoms with Gasteiger partial charge in [-0.15, -0.1) is 0 Å². The summed E-state index contributed by atoms with van der Waals surface area (Å²) in [4.78, 5) is 0. The van der Waals surface area contributed by atoms with Crippen LogP contribution in [0.4, 0.5) is 0 Å². The summed E-state index contributed by atoms with van der Waals surface area (Å²) in [5, 5.41) is 38.3. The van der Waals surface area contributed by atoms with Crippen LogP contribution in [0.2, 0.25) is 0 Å². The van der Waals surface area contributed by atoms with E-state index in [1.54, 1.807) is 0 Å². The first-order valence-electron chi connectivity index (χ1n) is 6.27. The quantitative estimate of drug-likeness (QED) is 0.641. The number of hydrogen-bond donors (Lipinski definition) is 4. The molecule has 3 rings (SSSR count). The fraction of sp³-hybridized carbons (Fsp3) is 0.200. The molecule has 1 unspecified atom stereocenters. The Bertz CT molecular complexity index is 645. The van der Waals surface area contributed by atoms with Crippen LogP contribution in [0.3, 0.4) is 0 Å². The molecule has 0 radical (unpaired) electrons. The van der Waals surface area contributed by atoms with Crippen LogP contribution in [0.25, 0.3) is 0 Å². The van der Waals surface area contributed by atoms with Crippen LogP contribution in [0.5, 0.6) is 28.7 Å². The largest absolute Gasteiger partial charge is 0.508 e. The van der Waals surface area contributed by atoms with E-state index in [0.29, 0.717) is 29.7 Å². The Hall–Kier alpha value is -2.56. The highest BCUT2D eigenvalue weighted by molar-refractivity contribution is 5.51. The second-order valence-corrected chi connectivity index (χ2v) is 4.87. The van der Waals surface area contributed by atoms with Gasteiger partial charge in [0.2, 0.25) is 0 Å². The van der Waals surface area contributed by atoms with E-state index in [4.69, 9.17) is 4.74 Å². The van der Waals surface area contributed by atoms with Crippen molar-refractivity contribution in [3.05, 3.63) is 41.5 Å². The number of fused-ring (bicyclic) bond motifs is 1. The molecule has 0 aromatic heterocycles. The van der Waals surface area contributed by atoms with E-state index >= 15 is 0 Å². The molecule has 2 aromatic rings. The zero-order chi connectivity index (χ0) is 14.3. The molecule has 5 heteroatoms. The van der Waals surface area contributed by atoms with Crippen molar-refractivity contribution in [1.82, 2.24) is 0 Å². The van der Waals surface area contributed by atoms with Gasteiger partial charge in [0.25, 0.3) is 0 Å². The Morgan fingerprint density at radius 3 is 2.20 bits per heavy atom. The van der Waals surface area contributed by atoms with Gasteiger partial charge in [0.1, 0.15) is 34.9 Å². The third-order valence-corrected chi connectivity index (χ3v) is 3.39. The monoisotopic (exact) mass is 274 g/mol. The Kier molecular flexibility index (Phi) is 2.82. The minimum Gasteiger partial charge on any atom is -0.508 e. The number of benzene rings is 2. The zero-order valence-electron chi connectivity index (χ0n) is 10.6. The summed E-state index contributed by atoms with van der Waals surface area (Å²) in [6, 6.07) is 7.03. The predicted molar refractivity (Wildman–Crippen MR) is 71.2 cm³/mol. The molecule has 0 spiro atoms. The van der Waals surface area contributed by atoms with E-state index in [1.807, 2.05) is 0 Å². The molecule has 0 bridgehead atoms. The van der Waals surface area contributed by atoms with Gasteiger partial charge >= 0.3 is 0 Å². The van der Waals surface area contributed by atoms with E-state index in [9.17, 15) is 20.4 Å². The summed E-state index contributed by atoms with van der Waals surface area (Å²) >= 11 is 0. The molecule has 1 aliphatic rings. The lowest BCUT2D eigenvalue weighted by molar-refractivity contribution is 0.173. The van der Waals surface area contributed by atoms with Crippen LogP contribution in [0.1, 0.15) is 23.7 Å². The molecule has 104 valence electrons. The van der Waals surface area contributed by atoms with E-state index < -0.39 is 0 Å². The molecule has 0 saturated carbocycles. The number of ether oxygens (including phenoxy) is 1. The summed E-state index contributed by atoms with van der Waals surface area (Å²) in [6.07, 6.45) is 0.846. The Morgan fingerprint density at radius 2 is 1.50 bits per heavy atom. The molecular weight excluding hydrogens is 260 g/mol. The van der Waals surface area contributed by atoms with Gasteiger partial charge in [-0.1, -0.05) is 0 Å². The minimum absolute atomic E-state index is 0.0113. The van der Waals surface area contributed by atoms with Crippen molar-refractivity contribution in [2.45, 2.75) is 18.9 Å². The van der Waals surface area contributed by atoms with Crippen LogP contribution >= 0.6 is 0 Å². The lowest BCUT2D eigenvalue weighted by Crippen LogP contribution is -2.15. The number of phenols is 4. The standard InChI is InChI=1S/C15H14O5/c16-9-3-8(4-10(17)5-9)14-2-1-12-13(19)6-11(18)7-15(12)20-14/h3-7,14,16-19H,1-2H2. The highest BCUT2D eigenvalue weighted by Gasteiger charge is 2.25. The van der Waals surface area contributed by atoms with E-state index in [-0.39, 0.29) is 29.1 Å². The van der Waals surface area contributed by atoms with Crippen molar-refractivity contribution in [2.24, 2.45) is 0 Å². The van der Waals surface area contributed by atoms with E-state index in [1.165, 1.54) is 30.3 Å². The lowest BCUT2D eigenvalue weighted by Gasteiger charge is -2.27. The number of phenolic OH excluding ortho intramolecular Hbond substituents is 4. The molecule has 0 fully saturated rings. The van der Waals surface area contributed by atoms with E-state index in [2.05, 4.69) is 0 Å². The van der Waals surface area contributed by atoms with Gasteiger partial charge in [-0.25, -0.2) is 0 Å². The van der Waals surface area contributed by atoms with Gasteiger partial charge in [0.05, 0.1) is 0 Å². The lowest BCUT2D eigenvalue weighted by atomic mass is 9.96. The Labute approximate surface area is 115 Å². The smallest absolute Gasteiger partial charge is 0.130 e. The van der Waals surface area contributed by atoms with Crippen LogP contribution < -0.4 is 4.74 Å². The molecule has 20 heavy (non-hydrogen) atoms. The molecule has 5 nitrogen and oxygen atoms in total. The highest BCUT2D eigenvalue weighted by atomic mass is 16.5. The molecule has 1 aliphatic heterocycles. The summed E-state index contributed by atoms with van der Waals surface area (Å²) in [6.45, 7) is 0. The molecule has 4 N–H and O–H groups in total. The molecule has 0 saturated heterocycles. The maximum atomic E-state index is 9.76. The third kappa shape index (κ3) is 2.18. The number of aromatic hydroxyl groups is 4. The normalized spacial score (nSPS) is 17.3. The van der Waals surface area contributed by atoms with Gasteiger partial charge < -0.3 is 25.2 Å². The average Bonchev–Trinajstić information content (AvgIpc) is 2.36. The topological polar surface area (TPSA) is 90.2 Å². The van der Waals surface area contributed by atoms with Crippen LogP contribution in [-0.4, -0.2) is 20.4 Å². The predicted octanol–water partition coefficient (Wildman–Crippen LogP) is 2.58. The maximum absolute atomic E-state index is 9.76. The minimum atomic E-state index is -0.346. The summed E-state index contributed by atoms with van der Waals surface area (Å²) < 4.78 is 5.75. The molecule has 1 atom stereocenters. The molecule has 1 heterocycles. The van der Waals surface area contributed by atoms with Crippen molar-refractivity contribution in [2.75, 3.05) is 0 Å². The first-order chi connectivity index (χ1) is 9.52. The molecular formula is C15H14O5. The summed E-state index contributed by atoms with van der Waals surface area (Å²) in [5.41, 5.74) is 1.31. The number of hydrogen-bond acceptors (Lipinski definition) is 5. The van der Waals surface area contributed by atoms with Crippen LogP contribution in [0, 0.1) is 0 Å². The second kappa shape index (κ2) is 4.52. The van der Waals surface area contributed by atoms with Crippen LogP contribution in [-0.2, 0) is 6.42 Å². The molecule has 2 aromatic carbocycles. The number of rotatable bonds is 1. The van der Waals surface area contributed by atoms with Crippen molar-refractivity contribution in [1.29, 1.82) is 0 Å². The SMILES string of the molecule is Oc1cc(O)cc(C2CCc3c(O)cc(O)cc3O2)c1. The maximum Gasteiger partial charge on any atom is 0.130 e. The van der Waals surface area contributed by atoms with Gasteiger partial charge in [-0.2, -0.15) is 0 Å². The fourth-order valence-electron chi connectivity index (χ4n) is 2.50. The van der Waals surface area contributed by atoms with Crippen molar-refractivity contribution < 1.29 is 25.2 Å². The van der Waals surface area contributed by atoms with E-state index in [0.717, 1.165) is 0 Å². The average molecular weight is 274 g/mol.